The molecule has 0 aliphatic carbocycles. The Kier molecular flexibility index (Phi) is 7.38. The van der Waals surface area contributed by atoms with E-state index in [0.717, 1.165) is 4.47 Å². The molecule has 0 fully saturated rings. The molecule has 2 aromatic rings. The van der Waals surface area contributed by atoms with E-state index in [2.05, 4.69) is 31.8 Å². The Morgan fingerprint density at radius 3 is 2.63 bits per heavy atom. The number of nitrogens with one attached hydrogen (secondary N) is 2. The highest BCUT2D eigenvalue weighted by atomic mass is 79.9. The lowest BCUT2D eigenvalue weighted by Crippen LogP contribution is -2.48. The van der Waals surface area contributed by atoms with Crippen molar-refractivity contribution in [2.75, 3.05) is 0 Å². The number of hydrazone groups is 1. The van der Waals surface area contributed by atoms with Crippen molar-refractivity contribution in [3.63, 3.8) is 0 Å². The lowest BCUT2D eigenvalue weighted by Gasteiger charge is -2.20. The maximum atomic E-state index is 12.4. The molecule has 0 spiro atoms. The lowest BCUT2D eigenvalue weighted by atomic mass is 10.0. The molecule has 2 aromatic carbocycles. The summed E-state index contributed by atoms with van der Waals surface area (Å²) in [7, 11) is 0. The summed E-state index contributed by atoms with van der Waals surface area (Å²) in [6.07, 6.45) is 1.33. The number of halogens is 2. The van der Waals surface area contributed by atoms with Crippen LogP contribution in [0, 0.1) is 5.92 Å². The molecule has 0 aliphatic heterocycles. The summed E-state index contributed by atoms with van der Waals surface area (Å²) in [5.41, 5.74) is 3.19. The summed E-state index contributed by atoms with van der Waals surface area (Å²) in [6.45, 7) is 3.62. The third-order valence-corrected chi connectivity index (χ3v) is 4.42. The number of carbonyl (C=O) groups is 2. The average Bonchev–Trinajstić information content (AvgIpc) is 2.62. The van der Waals surface area contributed by atoms with Crippen LogP contribution in [0.1, 0.15) is 29.8 Å². The Hall–Kier alpha value is -2.38. The van der Waals surface area contributed by atoms with E-state index in [1.165, 1.54) is 18.3 Å². The highest BCUT2D eigenvalue weighted by Crippen LogP contribution is 2.20. The Morgan fingerprint density at radius 2 is 1.96 bits per heavy atom. The van der Waals surface area contributed by atoms with Crippen molar-refractivity contribution in [1.29, 1.82) is 0 Å². The molecular formula is C19H19BrClN3O3. The molecule has 0 heterocycles. The zero-order valence-corrected chi connectivity index (χ0v) is 17.1. The highest BCUT2D eigenvalue weighted by Gasteiger charge is 2.24. The number of phenolic OH excluding ortho intramolecular Hbond substituents is 1. The number of carbonyl (C=O) groups excluding carboxylic acids is 2. The Balaban J connectivity index is 2.05. The van der Waals surface area contributed by atoms with E-state index in [0.29, 0.717) is 16.1 Å². The standard InChI is InChI=1S/C19H19BrClN3O3/c1-11(2)17(23-18(26)12-4-3-5-15(21)9-12)19(27)24-22-10-13-8-14(20)6-7-16(13)25/h3-11,17,25H,1-2H3,(H,23,26)(H,24,27)/b22-10+. The molecule has 6 nitrogen and oxygen atoms in total. The first-order valence-corrected chi connectivity index (χ1v) is 9.33. The van der Waals surface area contributed by atoms with Crippen LogP contribution in [0.3, 0.4) is 0 Å². The van der Waals surface area contributed by atoms with E-state index in [4.69, 9.17) is 11.6 Å². The second-order valence-electron chi connectivity index (χ2n) is 6.14. The molecule has 0 saturated carbocycles. The van der Waals surface area contributed by atoms with E-state index in [9.17, 15) is 14.7 Å². The summed E-state index contributed by atoms with van der Waals surface area (Å²) in [5, 5.41) is 16.8. The molecular weight excluding hydrogens is 434 g/mol. The van der Waals surface area contributed by atoms with Crippen molar-refractivity contribution in [1.82, 2.24) is 10.7 Å². The molecule has 3 N–H and O–H groups in total. The van der Waals surface area contributed by atoms with Crippen molar-refractivity contribution in [2.24, 2.45) is 11.0 Å². The van der Waals surface area contributed by atoms with Crippen molar-refractivity contribution in [3.05, 3.63) is 63.1 Å². The molecule has 0 bridgehead atoms. The monoisotopic (exact) mass is 451 g/mol. The smallest absolute Gasteiger partial charge is 0.262 e. The van der Waals surface area contributed by atoms with Gasteiger partial charge in [-0.3, -0.25) is 9.59 Å². The zero-order valence-electron chi connectivity index (χ0n) is 14.7. The van der Waals surface area contributed by atoms with Crippen LogP contribution in [-0.2, 0) is 4.79 Å². The second kappa shape index (κ2) is 9.53. The van der Waals surface area contributed by atoms with Crippen LogP contribution in [0.4, 0.5) is 0 Å². The van der Waals surface area contributed by atoms with Gasteiger partial charge in [0.1, 0.15) is 11.8 Å². The normalized spacial score (nSPS) is 12.2. The molecule has 0 aliphatic rings. The molecule has 1 atom stereocenters. The van der Waals surface area contributed by atoms with Crippen LogP contribution in [0.5, 0.6) is 5.75 Å². The van der Waals surface area contributed by atoms with E-state index in [1.54, 1.807) is 30.3 Å². The molecule has 0 aromatic heterocycles. The molecule has 0 radical (unpaired) electrons. The SMILES string of the molecule is CC(C)C(NC(=O)c1cccc(Cl)c1)C(=O)N/N=C/c1cc(Br)ccc1O. The molecule has 1 unspecified atom stereocenters. The molecule has 0 saturated heterocycles. The highest BCUT2D eigenvalue weighted by molar-refractivity contribution is 9.10. The van der Waals surface area contributed by atoms with Gasteiger partial charge in [-0.1, -0.05) is 47.4 Å². The van der Waals surface area contributed by atoms with Crippen LogP contribution in [0.15, 0.2) is 52.0 Å². The zero-order chi connectivity index (χ0) is 20.0. The molecule has 27 heavy (non-hydrogen) atoms. The Bertz CT molecular complexity index is 871. The number of hydrogen-bond acceptors (Lipinski definition) is 4. The maximum Gasteiger partial charge on any atom is 0.262 e. The molecule has 2 amide bonds. The predicted molar refractivity (Wildman–Crippen MR) is 109 cm³/mol. The molecule has 142 valence electrons. The van der Waals surface area contributed by atoms with Crippen molar-refractivity contribution in [3.8, 4) is 5.75 Å². The maximum absolute atomic E-state index is 12.4. The van der Waals surface area contributed by atoms with Crippen LogP contribution in [-0.4, -0.2) is 29.2 Å². The first-order chi connectivity index (χ1) is 12.8. The fraction of sp³-hybridized carbons (Fsp3) is 0.211. The van der Waals surface area contributed by atoms with Crippen LogP contribution < -0.4 is 10.7 Å². The van der Waals surface area contributed by atoms with Gasteiger partial charge in [-0.25, -0.2) is 5.43 Å². The van der Waals surface area contributed by atoms with Gasteiger partial charge in [-0.15, -0.1) is 0 Å². The third-order valence-electron chi connectivity index (χ3n) is 3.69. The number of phenols is 1. The third kappa shape index (κ3) is 6.08. The number of nitrogens with zero attached hydrogens (tertiary/aromatic N) is 1. The van der Waals surface area contributed by atoms with Crippen molar-refractivity contribution >= 4 is 45.6 Å². The van der Waals surface area contributed by atoms with Gasteiger partial charge < -0.3 is 10.4 Å². The quantitative estimate of drug-likeness (QED) is 0.461. The van der Waals surface area contributed by atoms with Gasteiger partial charge in [-0.2, -0.15) is 5.10 Å². The topological polar surface area (TPSA) is 90.8 Å². The lowest BCUT2D eigenvalue weighted by molar-refractivity contribution is -0.123. The number of aromatic hydroxyl groups is 1. The van der Waals surface area contributed by atoms with Gasteiger partial charge in [0.2, 0.25) is 0 Å². The van der Waals surface area contributed by atoms with Gasteiger partial charge in [-0.05, 0) is 42.3 Å². The van der Waals surface area contributed by atoms with E-state index < -0.39 is 17.9 Å². The van der Waals surface area contributed by atoms with Gasteiger partial charge in [0.25, 0.3) is 11.8 Å². The first kappa shape index (κ1) is 20.9. The minimum Gasteiger partial charge on any atom is -0.507 e. The van der Waals surface area contributed by atoms with Crippen LogP contribution in [0.2, 0.25) is 5.02 Å². The van der Waals surface area contributed by atoms with Crippen molar-refractivity contribution in [2.45, 2.75) is 19.9 Å². The first-order valence-electron chi connectivity index (χ1n) is 8.16. The fourth-order valence-corrected chi connectivity index (χ4v) is 2.82. The summed E-state index contributed by atoms with van der Waals surface area (Å²) in [5.74, 6) is -1.00. The fourth-order valence-electron chi connectivity index (χ4n) is 2.25. The number of hydrogen-bond donors (Lipinski definition) is 3. The van der Waals surface area contributed by atoms with Gasteiger partial charge in [0, 0.05) is 20.6 Å². The minimum absolute atomic E-state index is 0.0332. The van der Waals surface area contributed by atoms with Crippen LogP contribution >= 0.6 is 27.5 Å². The van der Waals surface area contributed by atoms with Crippen LogP contribution in [0.25, 0.3) is 0 Å². The molecule has 2 rings (SSSR count). The summed E-state index contributed by atoms with van der Waals surface area (Å²) in [4.78, 5) is 24.8. The minimum atomic E-state index is -0.787. The Morgan fingerprint density at radius 1 is 1.22 bits per heavy atom. The van der Waals surface area contributed by atoms with E-state index in [1.807, 2.05) is 13.8 Å². The summed E-state index contributed by atoms with van der Waals surface area (Å²) >= 11 is 9.20. The largest absolute Gasteiger partial charge is 0.507 e. The predicted octanol–water partition coefficient (Wildman–Crippen LogP) is 3.71. The van der Waals surface area contributed by atoms with Gasteiger partial charge >= 0.3 is 0 Å². The summed E-state index contributed by atoms with van der Waals surface area (Å²) in [6, 6.07) is 10.5. The van der Waals surface area contributed by atoms with Crippen molar-refractivity contribution < 1.29 is 14.7 Å². The number of benzene rings is 2. The number of rotatable bonds is 6. The number of amides is 2. The Labute approximate surface area is 170 Å². The van der Waals surface area contributed by atoms with Gasteiger partial charge in [0.05, 0.1) is 6.21 Å². The second-order valence-corrected chi connectivity index (χ2v) is 7.49. The molecule has 8 heteroatoms. The van der Waals surface area contributed by atoms with Gasteiger partial charge in [0.15, 0.2) is 0 Å². The summed E-state index contributed by atoms with van der Waals surface area (Å²) < 4.78 is 0.766. The van der Waals surface area contributed by atoms with E-state index in [-0.39, 0.29) is 11.7 Å². The average molecular weight is 453 g/mol. The van der Waals surface area contributed by atoms with E-state index >= 15 is 0 Å².